The van der Waals surface area contributed by atoms with Crippen LogP contribution in [0, 0.1) is 6.92 Å². The topological polar surface area (TPSA) is 83.2 Å². The van der Waals surface area contributed by atoms with E-state index < -0.39 is 23.5 Å². The largest absolute Gasteiger partial charge is 0.503 e. The molecule has 7 heteroatoms. The minimum Gasteiger partial charge on any atom is -0.503 e. The zero-order valence-corrected chi connectivity index (χ0v) is 19.3. The van der Waals surface area contributed by atoms with Crippen molar-refractivity contribution < 1.29 is 23.8 Å². The van der Waals surface area contributed by atoms with E-state index in [0.717, 1.165) is 17.7 Å². The number of aryl methyl sites for hydroxylation is 1. The fraction of sp³-hybridized carbons (Fsp3) is 0.308. The molecule has 1 N–H and O–H groups in total. The van der Waals surface area contributed by atoms with Crippen LogP contribution < -0.4 is 4.74 Å². The highest BCUT2D eigenvalue weighted by Gasteiger charge is 2.44. The molecule has 4 rings (SSSR count). The summed E-state index contributed by atoms with van der Waals surface area (Å²) in [7, 11) is 5.46. The molecule has 2 aromatic carbocycles. The Balaban J connectivity index is 1.78. The van der Waals surface area contributed by atoms with Gasteiger partial charge in [-0.15, -0.1) is 0 Å². The molecule has 0 aliphatic carbocycles. The average Bonchev–Trinajstić information content (AvgIpc) is 3.34. The lowest BCUT2D eigenvalue weighted by Gasteiger charge is -2.28. The Kier molecular flexibility index (Phi) is 6.24. The molecule has 7 nitrogen and oxygen atoms in total. The maximum absolute atomic E-state index is 13.7. The Morgan fingerprint density at radius 1 is 1.18 bits per heavy atom. The summed E-state index contributed by atoms with van der Waals surface area (Å²) in [5.41, 5.74) is 2.22. The van der Waals surface area contributed by atoms with E-state index in [9.17, 15) is 14.7 Å². The number of nitrogens with zero attached hydrogens (tertiary/aromatic N) is 2. The van der Waals surface area contributed by atoms with Gasteiger partial charge in [-0.05, 0) is 57.2 Å². The number of amides is 1. The molecule has 1 aliphatic rings. The predicted molar refractivity (Wildman–Crippen MR) is 126 cm³/mol. The molecule has 0 saturated heterocycles. The van der Waals surface area contributed by atoms with E-state index in [-0.39, 0.29) is 11.3 Å². The first-order valence-corrected chi connectivity index (χ1v) is 10.9. The Morgan fingerprint density at radius 3 is 2.64 bits per heavy atom. The van der Waals surface area contributed by atoms with Gasteiger partial charge in [0.15, 0.2) is 22.9 Å². The number of fused-ring (bicyclic) bond motifs is 1. The molecule has 1 amide bonds. The molecular weight excluding hydrogens is 420 g/mol. The van der Waals surface area contributed by atoms with Crippen LogP contribution >= 0.6 is 0 Å². The third-order valence-electron chi connectivity index (χ3n) is 5.99. The second kappa shape index (κ2) is 9.11. The molecule has 1 unspecified atom stereocenters. The van der Waals surface area contributed by atoms with E-state index >= 15 is 0 Å². The van der Waals surface area contributed by atoms with Crippen LogP contribution in [0.25, 0.3) is 11.0 Å². The van der Waals surface area contributed by atoms with Crippen molar-refractivity contribution in [1.82, 2.24) is 9.80 Å². The summed E-state index contributed by atoms with van der Waals surface area (Å²) in [6.07, 6.45) is 0.706. The van der Waals surface area contributed by atoms with E-state index in [1.807, 2.05) is 62.3 Å². The van der Waals surface area contributed by atoms with Crippen molar-refractivity contribution in [2.75, 3.05) is 34.3 Å². The van der Waals surface area contributed by atoms with Crippen molar-refractivity contribution in [2.45, 2.75) is 19.4 Å². The minimum atomic E-state index is -0.691. The third kappa shape index (κ3) is 4.12. The van der Waals surface area contributed by atoms with Crippen LogP contribution in [-0.2, 0) is 4.79 Å². The molecule has 2 heterocycles. The van der Waals surface area contributed by atoms with E-state index in [2.05, 4.69) is 0 Å². The monoisotopic (exact) mass is 448 g/mol. The van der Waals surface area contributed by atoms with Crippen molar-refractivity contribution in [1.29, 1.82) is 0 Å². The van der Waals surface area contributed by atoms with Gasteiger partial charge >= 0.3 is 0 Å². The van der Waals surface area contributed by atoms with Crippen molar-refractivity contribution in [2.24, 2.45) is 0 Å². The number of benzene rings is 2. The highest BCUT2D eigenvalue weighted by atomic mass is 16.5. The van der Waals surface area contributed by atoms with Gasteiger partial charge in [-0.1, -0.05) is 36.4 Å². The first kappa shape index (κ1) is 22.6. The molecule has 1 atom stereocenters. The number of methoxy groups -OCH3 is 1. The van der Waals surface area contributed by atoms with E-state index in [4.69, 9.17) is 9.15 Å². The van der Waals surface area contributed by atoms with Crippen molar-refractivity contribution in [3.63, 3.8) is 0 Å². The molecule has 0 spiro atoms. The van der Waals surface area contributed by atoms with Gasteiger partial charge in [0.25, 0.3) is 5.91 Å². The van der Waals surface area contributed by atoms with Crippen molar-refractivity contribution >= 4 is 22.7 Å². The van der Waals surface area contributed by atoms with Gasteiger partial charge in [0.05, 0.1) is 18.7 Å². The summed E-state index contributed by atoms with van der Waals surface area (Å²) in [6.45, 7) is 3.11. The highest BCUT2D eigenvalue weighted by Crippen LogP contribution is 2.41. The molecule has 3 aromatic rings. The lowest BCUT2D eigenvalue weighted by Crippen LogP contribution is -2.33. The number of aliphatic hydroxyl groups excluding tert-OH is 1. The summed E-state index contributed by atoms with van der Waals surface area (Å²) in [6, 6.07) is 13.9. The van der Waals surface area contributed by atoms with Gasteiger partial charge < -0.3 is 24.1 Å². The summed E-state index contributed by atoms with van der Waals surface area (Å²) < 4.78 is 11.2. The number of carbonyl (C=O) groups is 2. The Morgan fingerprint density at radius 2 is 1.94 bits per heavy atom. The standard InChI is InChI=1S/C26H28N2O5/c1-16-9-5-6-11-18(16)22-21(24(30)26(31)28(22)14-8-13-27(2)3)23(29)20-15-17-10-7-12-19(32-4)25(17)33-20/h5-7,9-12,15,22,30H,8,13-14H2,1-4H3. The number of aliphatic hydroxyl groups is 1. The molecule has 1 aliphatic heterocycles. The second-order valence-electron chi connectivity index (χ2n) is 8.50. The zero-order valence-electron chi connectivity index (χ0n) is 19.3. The first-order chi connectivity index (χ1) is 15.8. The number of para-hydroxylation sites is 1. The van der Waals surface area contributed by atoms with Crippen LogP contribution in [0.5, 0.6) is 5.75 Å². The van der Waals surface area contributed by atoms with Gasteiger partial charge in [0.2, 0.25) is 5.78 Å². The normalized spacial score (nSPS) is 16.3. The van der Waals surface area contributed by atoms with Gasteiger partial charge in [-0.2, -0.15) is 0 Å². The molecular formula is C26H28N2O5. The highest BCUT2D eigenvalue weighted by molar-refractivity contribution is 6.16. The lowest BCUT2D eigenvalue weighted by molar-refractivity contribution is -0.129. The third-order valence-corrected chi connectivity index (χ3v) is 5.99. The van der Waals surface area contributed by atoms with Crippen LogP contribution in [0.15, 0.2) is 64.3 Å². The summed E-state index contributed by atoms with van der Waals surface area (Å²) in [5, 5.41) is 11.6. The van der Waals surface area contributed by atoms with Crippen molar-refractivity contribution in [3.05, 3.63) is 76.8 Å². The van der Waals surface area contributed by atoms with Crippen LogP contribution in [0.3, 0.4) is 0 Å². The Hall–Kier alpha value is -3.58. The second-order valence-corrected chi connectivity index (χ2v) is 8.50. The number of hydrogen-bond donors (Lipinski definition) is 1. The van der Waals surface area contributed by atoms with E-state index in [0.29, 0.717) is 29.7 Å². The first-order valence-electron chi connectivity index (χ1n) is 10.9. The SMILES string of the molecule is COc1cccc2cc(C(=O)C3=C(O)C(=O)N(CCCN(C)C)C3c3ccccc3C)oc12. The molecule has 1 aromatic heterocycles. The maximum atomic E-state index is 13.7. The lowest BCUT2D eigenvalue weighted by atomic mass is 9.92. The number of Topliss-reactive ketones (excluding diaryl/α,β-unsaturated/α-hetero) is 1. The molecule has 33 heavy (non-hydrogen) atoms. The molecule has 0 radical (unpaired) electrons. The van der Waals surface area contributed by atoms with Crippen LogP contribution in [0.4, 0.5) is 0 Å². The van der Waals surface area contributed by atoms with Crippen LogP contribution in [-0.4, -0.2) is 60.9 Å². The number of ether oxygens (including phenoxy) is 1. The maximum Gasteiger partial charge on any atom is 0.290 e. The number of furan rings is 1. The van der Waals surface area contributed by atoms with E-state index in [1.54, 1.807) is 17.0 Å². The molecule has 0 bridgehead atoms. The number of rotatable bonds is 8. The fourth-order valence-corrected chi connectivity index (χ4v) is 4.33. The number of carbonyl (C=O) groups excluding carboxylic acids is 2. The van der Waals surface area contributed by atoms with Gasteiger partial charge in [0.1, 0.15) is 0 Å². The van der Waals surface area contributed by atoms with Crippen LogP contribution in [0.1, 0.15) is 34.1 Å². The van der Waals surface area contributed by atoms with Crippen LogP contribution in [0.2, 0.25) is 0 Å². The summed E-state index contributed by atoms with van der Waals surface area (Å²) in [4.78, 5) is 30.4. The van der Waals surface area contributed by atoms with Gasteiger partial charge in [-0.3, -0.25) is 9.59 Å². The summed E-state index contributed by atoms with van der Waals surface area (Å²) >= 11 is 0. The predicted octanol–water partition coefficient (Wildman–Crippen LogP) is 4.28. The Labute approximate surface area is 192 Å². The van der Waals surface area contributed by atoms with Crippen molar-refractivity contribution in [3.8, 4) is 5.75 Å². The molecule has 0 fully saturated rings. The average molecular weight is 449 g/mol. The number of hydrogen-bond acceptors (Lipinski definition) is 6. The van der Waals surface area contributed by atoms with Gasteiger partial charge in [-0.25, -0.2) is 0 Å². The smallest absolute Gasteiger partial charge is 0.290 e. The Bertz CT molecular complexity index is 1240. The molecule has 172 valence electrons. The fourth-order valence-electron chi connectivity index (χ4n) is 4.33. The summed E-state index contributed by atoms with van der Waals surface area (Å²) in [5.74, 6) is -1.02. The molecule has 0 saturated carbocycles. The minimum absolute atomic E-state index is 0.0391. The van der Waals surface area contributed by atoms with E-state index in [1.165, 1.54) is 7.11 Å². The quantitative estimate of drug-likeness (QED) is 0.518. The zero-order chi connectivity index (χ0) is 23.7. The van der Waals surface area contributed by atoms with Gasteiger partial charge in [0, 0.05) is 11.9 Å². The number of ketones is 1.